The molecule has 0 aliphatic carbocycles. The zero-order valence-corrected chi connectivity index (χ0v) is 8.45. The van der Waals surface area contributed by atoms with Crippen LogP contribution in [0.1, 0.15) is 13.8 Å². The van der Waals surface area contributed by atoms with Crippen molar-refractivity contribution >= 4 is 11.8 Å². The molecule has 0 heterocycles. The van der Waals surface area contributed by atoms with Crippen LogP contribution in [0.25, 0.3) is 0 Å². The first-order valence-corrected chi connectivity index (χ1v) is 5.44. The standard InChI is InChI=1S/C8H19NOS/c1-7(6-11-3)4-9-5-8(2)10/h7-10H,4-6H2,1-3H3/t7?,8-/m0/s1. The average Bonchev–Trinajstić information content (AvgIpc) is 1.87. The van der Waals surface area contributed by atoms with Crippen molar-refractivity contribution < 1.29 is 5.11 Å². The normalized spacial score (nSPS) is 16.4. The highest BCUT2D eigenvalue weighted by atomic mass is 32.2. The Bertz CT molecular complexity index is 88.2. The van der Waals surface area contributed by atoms with Gasteiger partial charge in [-0.1, -0.05) is 6.92 Å². The van der Waals surface area contributed by atoms with Crippen LogP contribution in [-0.4, -0.2) is 36.3 Å². The molecule has 0 fully saturated rings. The minimum absolute atomic E-state index is 0.225. The molecule has 0 aliphatic heterocycles. The molecular formula is C8H19NOS. The molecule has 0 aromatic heterocycles. The third-order valence-corrected chi connectivity index (χ3v) is 2.29. The van der Waals surface area contributed by atoms with Gasteiger partial charge < -0.3 is 10.4 Å². The van der Waals surface area contributed by atoms with Gasteiger partial charge in [0.05, 0.1) is 6.10 Å². The Morgan fingerprint density at radius 1 is 1.36 bits per heavy atom. The van der Waals surface area contributed by atoms with E-state index >= 15 is 0 Å². The Morgan fingerprint density at radius 2 is 2.00 bits per heavy atom. The minimum Gasteiger partial charge on any atom is -0.392 e. The van der Waals surface area contributed by atoms with Crippen LogP contribution in [0.4, 0.5) is 0 Å². The highest BCUT2D eigenvalue weighted by Gasteiger charge is 2.00. The molecule has 1 unspecified atom stereocenters. The number of hydrogen-bond donors (Lipinski definition) is 2. The van der Waals surface area contributed by atoms with Crippen LogP contribution in [0.5, 0.6) is 0 Å². The van der Waals surface area contributed by atoms with Crippen LogP contribution in [0.2, 0.25) is 0 Å². The Labute approximate surface area is 73.8 Å². The van der Waals surface area contributed by atoms with Crippen LogP contribution >= 0.6 is 11.8 Å². The molecule has 0 amide bonds. The molecule has 0 rings (SSSR count). The second kappa shape index (κ2) is 6.95. The summed E-state index contributed by atoms with van der Waals surface area (Å²) in [5, 5.41) is 12.1. The van der Waals surface area contributed by atoms with Crippen molar-refractivity contribution in [3.8, 4) is 0 Å². The quantitative estimate of drug-likeness (QED) is 0.634. The van der Waals surface area contributed by atoms with E-state index in [1.807, 2.05) is 11.8 Å². The molecule has 0 aromatic carbocycles. The second-order valence-electron chi connectivity index (χ2n) is 3.07. The van der Waals surface area contributed by atoms with E-state index in [1.165, 1.54) is 5.75 Å². The van der Waals surface area contributed by atoms with E-state index in [4.69, 9.17) is 5.11 Å². The predicted molar refractivity (Wildman–Crippen MR) is 52.1 cm³/mol. The SMILES string of the molecule is CSCC(C)CNC[C@H](C)O. The van der Waals surface area contributed by atoms with E-state index in [0.29, 0.717) is 12.5 Å². The lowest BCUT2D eigenvalue weighted by atomic mass is 10.2. The maximum atomic E-state index is 8.93. The summed E-state index contributed by atoms with van der Waals surface area (Å²) in [7, 11) is 0. The zero-order valence-electron chi connectivity index (χ0n) is 7.63. The summed E-state index contributed by atoms with van der Waals surface area (Å²) in [6.45, 7) is 5.72. The topological polar surface area (TPSA) is 32.3 Å². The van der Waals surface area contributed by atoms with Gasteiger partial charge in [-0.3, -0.25) is 0 Å². The molecule has 11 heavy (non-hydrogen) atoms. The van der Waals surface area contributed by atoms with Crippen molar-refractivity contribution in [3.05, 3.63) is 0 Å². The molecule has 2 nitrogen and oxygen atoms in total. The number of aliphatic hydroxyl groups is 1. The van der Waals surface area contributed by atoms with Gasteiger partial charge in [-0.05, 0) is 31.4 Å². The van der Waals surface area contributed by atoms with E-state index in [1.54, 1.807) is 6.92 Å². The number of hydrogen-bond acceptors (Lipinski definition) is 3. The molecule has 2 atom stereocenters. The Hall–Kier alpha value is 0.270. The molecule has 0 bridgehead atoms. The fourth-order valence-corrected chi connectivity index (χ4v) is 1.57. The highest BCUT2D eigenvalue weighted by molar-refractivity contribution is 7.98. The first-order chi connectivity index (χ1) is 5.16. The van der Waals surface area contributed by atoms with Gasteiger partial charge in [0, 0.05) is 6.54 Å². The van der Waals surface area contributed by atoms with E-state index in [0.717, 1.165) is 6.54 Å². The Kier molecular flexibility index (Phi) is 7.12. The average molecular weight is 177 g/mol. The van der Waals surface area contributed by atoms with E-state index in [9.17, 15) is 0 Å². The van der Waals surface area contributed by atoms with Crippen LogP contribution < -0.4 is 5.32 Å². The van der Waals surface area contributed by atoms with Gasteiger partial charge in [-0.15, -0.1) is 0 Å². The highest BCUT2D eigenvalue weighted by Crippen LogP contribution is 2.02. The summed E-state index contributed by atoms with van der Waals surface area (Å²) in [5.74, 6) is 1.89. The summed E-state index contributed by atoms with van der Waals surface area (Å²) in [6.07, 6.45) is 1.89. The van der Waals surface area contributed by atoms with Crippen molar-refractivity contribution in [3.63, 3.8) is 0 Å². The zero-order chi connectivity index (χ0) is 8.69. The van der Waals surface area contributed by atoms with Gasteiger partial charge in [0.25, 0.3) is 0 Å². The van der Waals surface area contributed by atoms with Gasteiger partial charge in [0.1, 0.15) is 0 Å². The molecule has 0 aliphatic rings. The van der Waals surface area contributed by atoms with E-state index in [-0.39, 0.29) is 6.10 Å². The lowest BCUT2D eigenvalue weighted by Gasteiger charge is -2.11. The van der Waals surface area contributed by atoms with Crippen molar-refractivity contribution in [1.82, 2.24) is 5.32 Å². The fraction of sp³-hybridized carbons (Fsp3) is 1.00. The lowest BCUT2D eigenvalue weighted by Crippen LogP contribution is -2.29. The van der Waals surface area contributed by atoms with Crippen molar-refractivity contribution in [1.29, 1.82) is 0 Å². The summed E-state index contributed by atoms with van der Waals surface area (Å²) in [5.41, 5.74) is 0. The molecular weight excluding hydrogens is 158 g/mol. The van der Waals surface area contributed by atoms with Crippen LogP contribution in [0.3, 0.4) is 0 Å². The smallest absolute Gasteiger partial charge is 0.0636 e. The van der Waals surface area contributed by atoms with Crippen LogP contribution in [0, 0.1) is 5.92 Å². The largest absolute Gasteiger partial charge is 0.392 e. The summed E-state index contributed by atoms with van der Waals surface area (Å²) < 4.78 is 0. The molecule has 0 spiro atoms. The lowest BCUT2D eigenvalue weighted by molar-refractivity contribution is 0.190. The van der Waals surface area contributed by atoms with E-state index in [2.05, 4.69) is 18.5 Å². The summed E-state index contributed by atoms with van der Waals surface area (Å²) in [4.78, 5) is 0. The van der Waals surface area contributed by atoms with Gasteiger partial charge in [0.2, 0.25) is 0 Å². The molecule has 68 valence electrons. The van der Waals surface area contributed by atoms with Gasteiger partial charge in [-0.2, -0.15) is 11.8 Å². The number of aliphatic hydroxyl groups excluding tert-OH is 1. The number of nitrogens with one attached hydrogen (secondary N) is 1. The van der Waals surface area contributed by atoms with Crippen molar-refractivity contribution in [2.24, 2.45) is 5.92 Å². The molecule has 2 N–H and O–H groups in total. The number of rotatable bonds is 6. The first-order valence-electron chi connectivity index (χ1n) is 4.04. The maximum Gasteiger partial charge on any atom is 0.0636 e. The van der Waals surface area contributed by atoms with E-state index < -0.39 is 0 Å². The van der Waals surface area contributed by atoms with Gasteiger partial charge in [-0.25, -0.2) is 0 Å². The first kappa shape index (κ1) is 11.3. The Morgan fingerprint density at radius 3 is 2.45 bits per heavy atom. The van der Waals surface area contributed by atoms with Crippen molar-refractivity contribution in [2.45, 2.75) is 20.0 Å². The molecule has 0 radical (unpaired) electrons. The monoisotopic (exact) mass is 177 g/mol. The molecule has 3 heteroatoms. The summed E-state index contributed by atoms with van der Waals surface area (Å²) >= 11 is 1.87. The molecule has 0 saturated heterocycles. The van der Waals surface area contributed by atoms with Gasteiger partial charge >= 0.3 is 0 Å². The molecule has 0 aromatic rings. The molecule has 0 saturated carbocycles. The fourth-order valence-electron chi connectivity index (χ4n) is 0.882. The van der Waals surface area contributed by atoms with Gasteiger partial charge in [0.15, 0.2) is 0 Å². The minimum atomic E-state index is -0.225. The van der Waals surface area contributed by atoms with Crippen LogP contribution in [0.15, 0.2) is 0 Å². The van der Waals surface area contributed by atoms with Crippen LogP contribution in [-0.2, 0) is 0 Å². The maximum absolute atomic E-state index is 8.93. The predicted octanol–water partition coefficient (Wildman–Crippen LogP) is 0.956. The van der Waals surface area contributed by atoms with Crippen molar-refractivity contribution in [2.75, 3.05) is 25.1 Å². The number of thioether (sulfide) groups is 1. The third kappa shape index (κ3) is 8.17. The summed E-state index contributed by atoms with van der Waals surface area (Å²) in [6, 6.07) is 0. The third-order valence-electron chi connectivity index (χ3n) is 1.38. The Balaban J connectivity index is 3.10. The second-order valence-corrected chi connectivity index (χ2v) is 3.98.